The van der Waals surface area contributed by atoms with Crippen LogP contribution in [-0.2, 0) is 13.1 Å². The van der Waals surface area contributed by atoms with Crippen molar-refractivity contribution in [3.05, 3.63) is 95.3 Å². The lowest BCUT2D eigenvalue weighted by atomic mass is 9.93. The Morgan fingerprint density at radius 1 is 0.919 bits per heavy atom. The summed E-state index contributed by atoms with van der Waals surface area (Å²) in [6.07, 6.45) is 3.38. The quantitative estimate of drug-likeness (QED) is 0.342. The van der Waals surface area contributed by atoms with Gasteiger partial charge < -0.3 is 10.2 Å². The molecule has 0 spiro atoms. The summed E-state index contributed by atoms with van der Waals surface area (Å²) in [6, 6.07) is 23.7. The molecule has 5 heteroatoms. The summed E-state index contributed by atoms with van der Waals surface area (Å²) in [5.41, 5.74) is 5.80. The molecule has 37 heavy (non-hydrogen) atoms. The van der Waals surface area contributed by atoms with Crippen molar-refractivity contribution in [2.45, 2.75) is 59.2 Å². The maximum absolute atomic E-state index is 13.3. The Morgan fingerprint density at radius 3 is 2.08 bits per heavy atom. The normalized spacial score (nSPS) is 14.6. The van der Waals surface area contributed by atoms with Crippen LogP contribution in [0.4, 0.5) is 9.18 Å². The molecule has 3 aromatic carbocycles. The Kier molecular flexibility index (Phi) is 9.34. The highest BCUT2D eigenvalue weighted by Gasteiger charge is 2.22. The molecule has 3 aromatic rings. The summed E-state index contributed by atoms with van der Waals surface area (Å²) in [5.74, 6) is 0.411. The van der Waals surface area contributed by atoms with Gasteiger partial charge in [0.1, 0.15) is 5.82 Å². The molecular weight excluding hydrogens is 461 g/mol. The van der Waals surface area contributed by atoms with Crippen molar-refractivity contribution >= 4 is 6.03 Å². The molecule has 0 radical (unpaired) electrons. The third kappa shape index (κ3) is 8.16. The predicted octanol–water partition coefficient (Wildman–Crippen LogP) is 7.02. The van der Waals surface area contributed by atoms with Crippen LogP contribution in [0.2, 0.25) is 0 Å². The van der Waals surface area contributed by atoms with Gasteiger partial charge in [0.15, 0.2) is 0 Å². The number of piperidine rings is 1. The standard InChI is InChI=1S/C32H40FN3O/c1-24(2)34-32(37)36(23-28-8-10-29(11-9-28)30-12-14-31(33)15-13-30)21-18-26-16-19-35(20-17-26)22-27-6-4-25(3)5-7-27/h4-15,24,26H,16-23H2,1-3H3,(H,34,37). The van der Waals surface area contributed by atoms with Crippen molar-refractivity contribution < 1.29 is 9.18 Å². The molecule has 1 aliphatic heterocycles. The second-order valence-corrected chi connectivity index (χ2v) is 10.7. The van der Waals surface area contributed by atoms with E-state index in [1.165, 1.54) is 36.1 Å². The van der Waals surface area contributed by atoms with Gasteiger partial charge in [-0.1, -0.05) is 66.2 Å². The van der Waals surface area contributed by atoms with Crippen molar-refractivity contribution in [3.63, 3.8) is 0 Å². The number of urea groups is 1. The number of aryl methyl sites for hydroxylation is 1. The second-order valence-electron chi connectivity index (χ2n) is 10.7. The topological polar surface area (TPSA) is 35.6 Å². The number of likely N-dealkylation sites (tertiary alicyclic amines) is 1. The molecule has 0 unspecified atom stereocenters. The molecule has 4 rings (SSSR count). The molecule has 1 heterocycles. The van der Waals surface area contributed by atoms with Gasteiger partial charge in [-0.05, 0) is 93.4 Å². The van der Waals surface area contributed by atoms with Gasteiger partial charge in [0.2, 0.25) is 0 Å². The number of hydrogen-bond donors (Lipinski definition) is 1. The third-order valence-electron chi connectivity index (χ3n) is 7.25. The molecule has 0 aromatic heterocycles. The monoisotopic (exact) mass is 501 g/mol. The van der Waals surface area contributed by atoms with E-state index in [0.717, 1.165) is 49.3 Å². The number of rotatable bonds is 9. The first-order valence-electron chi connectivity index (χ1n) is 13.5. The zero-order valence-corrected chi connectivity index (χ0v) is 22.4. The van der Waals surface area contributed by atoms with E-state index in [4.69, 9.17) is 0 Å². The van der Waals surface area contributed by atoms with Crippen LogP contribution in [-0.4, -0.2) is 41.5 Å². The molecule has 1 fully saturated rings. The van der Waals surface area contributed by atoms with Crippen molar-refractivity contribution in [1.82, 2.24) is 15.1 Å². The van der Waals surface area contributed by atoms with Gasteiger partial charge in [-0.2, -0.15) is 0 Å². The molecule has 2 amide bonds. The van der Waals surface area contributed by atoms with Crippen LogP contribution >= 0.6 is 0 Å². The van der Waals surface area contributed by atoms with Gasteiger partial charge in [0, 0.05) is 25.7 Å². The van der Waals surface area contributed by atoms with Crippen LogP contribution in [0.15, 0.2) is 72.8 Å². The minimum atomic E-state index is -0.232. The Balaban J connectivity index is 1.31. The van der Waals surface area contributed by atoms with Gasteiger partial charge in [0.25, 0.3) is 0 Å². The molecule has 4 nitrogen and oxygen atoms in total. The maximum atomic E-state index is 13.3. The van der Waals surface area contributed by atoms with Gasteiger partial charge in [0.05, 0.1) is 0 Å². The molecule has 1 aliphatic rings. The highest BCUT2D eigenvalue weighted by atomic mass is 19.1. The van der Waals surface area contributed by atoms with E-state index in [2.05, 4.69) is 53.5 Å². The lowest BCUT2D eigenvalue weighted by molar-refractivity contribution is 0.155. The second kappa shape index (κ2) is 12.9. The summed E-state index contributed by atoms with van der Waals surface area (Å²) in [5, 5.41) is 3.07. The fraction of sp³-hybridized carbons (Fsp3) is 0.406. The first kappa shape index (κ1) is 26.9. The Labute approximate surface area is 221 Å². The Bertz CT molecular complexity index is 1120. The van der Waals surface area contributed by atoms with Crippen LogP contribution in [0.1, 0.15) is 49.8 Å². The van der Waals surface area contributed by atoms with Crippen molar-refractivity contribution in [3.8, 4) is 11.1 Å². The average Bonchev–Trinajstić information content (AvgIpc) is 2.89. The maximum Gasteiger partial charge on any atom is 0.317 e. The summed E-state index contributed by atoms with van der Waals surface area (Å²) in [6.45, 7) is 10.7. The fourth-order valence-electron chi connectivity index (χ4n) is 4.98. The van der Waals surface area contributed by atoms with Crippen LogP contribution < -0.4 is 5.32 Å². The van der Waals surface area contributed by atoms with E-state index >= 15 is 0 Å². The van der Waals surface area contributed by atoms with Gasteiger partial charge in [-0.3, -0.25) is 4.90 Å². The number of amides is 2. The number of benzene rings is 3. The number of halogens is 1. The van der Waals surface area contributed by atoms with E-state index in [1.54, 1.807) is 12.1 Å². The van der Waals surface area contributed by atoms with Crippen molar-refractivity contribution in [2.24, 2.45) is 5.92 Å². The van der Waals surface area contributed by atoms with Crippen LogP contribution in [0.5, 0.6) is 0 Å². The first-order chi connectivity index (χ1) is 17.9. The largest absolute Gasteiger partial charge is 0.336 e. The van der Waals surface area contributed by atoms with Gasteiger partial charge in [-0.15, -0.1) is 0 Å². The molecule has 0 bridgehead atoms. The SMILES string of the molecule is Cc1ccc(CN2CCC(CCN(Cc3ccc(-c4ccc(F)cc4)cc3)C(=O)NC(C)C)CC2)cc1. The number of nitrogens with one attached hydrogen (secondary N) is 1. The van der Waals surface area contributed by atoms with E-state index in [0.29, 0.717) is 12.5 Å². The first-order valence-corrected chi connectivity index (χ1v) is 13.5. The van der Waals surface area contributed by atoms with Gasteiger partial charge >= 0.3 is 6.03 Å². The van der Waals surface area contributed by atoms with Crippen LogP contribution in [0, 0.1) is 18.7 Å². The molecule has 196 valence electrons. The molecule has 1 N–H and O–H groups in total. The zero-order valence-electron chi connectivity index (χ0n) is 22.4. The smallest absolute Gasteiger partial charge is 0.317 e. The lowest BCUT2D eigenvalue weighted by Gasteiger charge is -2.33. The van der Waals surface area contributed by atoms with Crippen LogP contribution in [0.25, 0.3) is 11.1 Å². The Hall–Kier alpha value is -3.18. The molecule has 1 saturated heterocycles. The lowest BCUT2D eigenvalue weighted by Crippen LogP contribution is -2.43. The molecule has 0 saturated carbocycles. The number of carbonyl (C=O) groups excluding carboxylic acids is 1. The summed E-state index contributed by atoms with van der Waals surface area (Å²) in [4.78, 5) is 17.5. The third-order valence-corrected chi connectivity index (χ3v) is 7.25. The fourth-order valence-corrected chi connectivity index (χ4v) is 4.98. The van der Waals surface area contributed by atoms with Crippen molar-refractivity contribution in [1.29, 1.82) is 0 Å². The molecule has 0 aliphatic carbocycles. The highest BCUT2D eigenvalue weighted by Crippen LogP contribution is 2.24. The summed E-state index contributed by atoms with van der Waals surface area (Å²) >= 11 is 0. The molecule has 0 atom stereocenters. The molecular formula is C32H40FN3O. The number of hydrogen-bond acceptors (Lipinski definition) is 2. The predicted molar refractivity (Wildman–Crippen MR) is 150 cm³/mol. The average molecular weight is 502 g/mol. The Morgan fingerprint density at radius 2 is 1.49 bits per heavy atom. The van der Waals surface area contributed by atoms with Gasteiger partial charge in [-0.25, -0.2) is 9.18 Å². The summed E-state index contributed by atoms with van der Waals surface area (Å²) < 4.78 is 13.3. The van der Waals surface area contributed by atoms with Crippen molar-refractivity contribution in [2.75, 3.05) is 19.6 Å². The van der Waals surface area contributed by atoms with E-state index in [9.17, 15) is 9.18 Å². The highest BCUT2D eigenvalue weighted by molar-refractivity contribution is 5.74. The van der Waals surface area contributed by atoms with Crippen LogP contribution in [0.3, 0.4) is 0 Å². The van der Waals surface area contributed by atoms with E-state index in [1.807, 2.05) is 30.9 Å². The summed E-state index contributed by atoms with van der Waals surface area (Å²) in [7, 11) is 0. The number of carbonyl (C=O) groups is 1. The van der Waals surface area contributed by atoms with E-state index in [-0.39, 0.29) is 17.9 Å². The van der Waals surface area contributed by atoms with E-state index < -0.39 is 0 Å². The zero-order chi connectivity index (χ0) is 26.2. The number of nitrogens with zero attached hydrogens (tertiary/aromatic N) is 2. The minimum absolute atomic E-state index is 0.00517. The minimum Gasteiger partial charge on any atom is -0.336 e.